The number of H-pyrrole nitrogens is 1. The second kappa shape index (κ2) is 42.0. The molecule has 1 N–H and O–H groups in total. The Morgan fingerprint density at radius 3 is 1.69 bits per heavy atom. The molecule has 13 aromatic heterocycles. The van der Waals surface area contributed by atoms with E-state index in [1.54, 1.807) is 134 Å². The van der Waals surface area contributed by atoms with Crippen molar-refractivity contribution in [2.45, 2.75) is 64.9 Å². The number of methoxy groups -OCH3 is 1. The van der Waals surface area contributed by atoms with Gasteiger partial charge in [0, 0.05) is 135 Å². The fraction of sp³-hybridized carbons (Fsp3) is 0.101. The summed E-state index contributed by atoms with van der Waals surface area (Å²) in [6.07, 6.45) is 11.3. The van der Waals surface area contributed by atoms with E-state index in [1.807, 2.05) is 184 Å². The van der Waals surface area contributed by atoms with Crippen molar-refractivity contribution in [1.29, 1.82) is 0 Å². The maximum absolute atomic E-state index is 12.3. The highest BCUT2D eigenvalue weighted by Crippen LogP contribution is 2.47. The Kier molecular flexibility index (Phi) is 29.3. The number of carboxylic acids is 1. The van der Waals surface area contributed by atoms with Gasteiger partial charge in [-0.15, -0.1) is 11.3 Å². The van der Waals surface area contributed by atoms with Crippen molar-refractivity contribution in [3.8, 4) is 89.6 Å². The molecule has 664 valence electrons. The second-order valence-electron chi connectivity index (χ2n) is 29.8. The quantitative estimate of drug-likeness (QED) is 0.0582. The predicted molar refractivity (Wildman–Crippen MR) is 517 cm³/mol. The van der Waals surface area contributed by atoms with Crippen LogP contribution in [0.5, 0.6) is 0 Å². The van der Waals surface area contributed by atoms with Crippen LogP contribution in [0.1, 0.15) is 45.4 Å². The number of pyridine rings is 7. The van der Waals surface area contributed by atoms with Crippen LogP contribution < -0.4 is 9.67 Å². The number of carboxylic acid groups (broad SMARTS) is 1. The topological polar surface area (TPSA) is 262 Å². The van der Waals surface area contributed by atoms with E-state index < -0.39 is 12.1 Å². The van der Waals surface area contributed by atoms with Crippen LogP contribution >= 0.6 is 105 Å². The van der Waals surface area contributed by atoms with Crippen molar-refractivity contribution in [3.63, 3.8) is 0 Å². The van der Waals surface area contributed by atoms with E-state index >= 15 is 0 Å². The Balaban J connectivity index is 0.000000126. The Morgan fingerprint density at radius 2 is 1.11 bits per heavy atom. The van der Waals surface area contributed by atoms with Crippen LogP contribution in [-0.2, 0) is 30.7 Å². The third kappa shape index (κ3) is 22.3. The van der Waals surface area contributed by atoms with Crippen molar-refractivity contribution >= 4 is 150 Å². The van der Waals surface area contributed by atoms with Gasteiger partial charge < -0.3 is 28.7 Å². The monoisotopic (exact) mass is 1940 g/mol. The molecule has 0 bridgehead atoms. The number of aromatic nitrogens is 16. The molecule has 0 atom stereocenters. The highest BCUT2D eigenvalue weighted by Gasteiger charge is 2.33. The second-order valence-corrected chi connectivity index (χ2v) is 36.7. The number of carbonyl (C=O) groups is 3. The standard InChI is InChI=1S/C25H18ClN3S2.C24H17ClN6S.C24H22ClN5OS.C24H16ClN3O2S.C2HF3O2/c1-29-24(21-5-2-3-15-27-21)28-23(25(29)31-20-13-11-19(26)12-14-20)18-9-7-17(8-10-18)22-6-4-16-30-22;1-31-23(20-4-2-3-12-26-20)30-22(24(31)32-21-10-9-19(25)15-27-21)17-7-5-16(6-8-17)18-11-13-28-29-14-18;1-29(2)23(31)19-10-6-15-12-16(7-9-18(15)27-19)21-24(30(3)22(28-21)14-4-5-14)32-20-11-8-17(25)13-26-20;1-30-24(29)17-6-4-16(5-7-17)21-23(31-19-10-8-18(25)9-11-19)28-14-12-15-3-2-13-26-20(15)22(28)27-21;3-2(4,5)1(6)7/h2-16H,1H3;2-15H,1H3;6-14H,4-5H2,1-3H3;2-14H,1H3;(H,6,7). The fourth-order valence-corrected chi connectivity index (χ4v) is 18.9. The van der Waals surface area contributed by atoms with Gasteiger partial charge in [0.15, 0.2) is 22.9 Å². The molecule has 0 aliphatic heterocycles. The molecule has 0 saturated heterocycles. The average molecular weight is 1940 g/mol. The number of hydrogen-bond acceptors (Lipinski definition) is 21. The van der Waals surface area contributed by atoms with Gasteiger partial charge in [0.05, 0.1) is 47.7 Å². The number of amides is 1. The first kappa shape index (κ1) is 92.9. The van der Waals surface area contributed by atoms with Crippen LogP contribution in [0.3, 0.4) is 0 Å². The highest BCUT2D eigenvalue weighted by atomic mass is 35.5. The molecule has 1 saturated carbocycles. The number of hydrogen-bond donors (Lipinski definition) is 1. The van der Waals surface area contributed by atoms with Crippen molar-refractivity contribution in [3.05, 3.63) is 341 Å². The van der Waals surface area contributed by atoms with E-state index in [0.717, 1.165) is 157 Å². The van der Waals surface area contributed by atoms with Gasteiger partial charge in [-0.3, -0.25) is 19.2 Å². The van der Waals surface area contributed by atoms with Gasteiger partial charge in [-0.25, -0.2) is 49.2 Å². The van der Waals surface area contributed by atoms with Crippen molar-refractivity contribution in [2.75, 3.05) is 21.2 Å². The number of thiophene rings is 1. The molecule has 0 unspecified atom stereocenters. The highest BCUT2D eigenvalue weighted by molar-refractivity contribution is 8.00. The molecule has 1 aliphatic carbocycles. The summed E-state index contributed by atoms with van der Waals surface area (Å²) in [5.74, 6) is -0.0903. The van der Waals surface area contributed by atoms with Gasteiger partial charge in [0.2, 0.25) is 5.03 Å². The van der Waals surface area contributed by atoms with E-state index in [1.165, 1.54) is 35.3 Å². The van der Waals surface area contributed by atoms with E-state index in [4.69, 9.17) is 76.0 Å². The van der Waals surface area contributed by atoms with Gasteiger partial charge in [0.1, 0.15) is 70.9 Å². The summed E-state index contributed by atoms with van der Waals surface area (Å²) in [5.41, 5.74) is 16.1. The molecular weight excluding hydrogens is 1870 g/mol. The average Bonchev–Trinajstić information content (AvgIpc) is 1.61. The van der Waals surface area contributed by atoms with E-state index in [-0.39, 0.29) is 11.9 Å². The zero-order chi connectivity index (χ0) is 93.0. The lowest BCUT2D eigenvalue weighted by atomic mass is 10.1. The smallest absolute Gasteiger partial charge is 0.430 e. The van der Waals surface area contributed by atoms with Gasteiger partial charge in [0.25, 0.3) is 5.91 Å². The molecule has 1 aliphatic rings. The Morgan fingerprint density at radius 1 is 0.526 bits per heavy atom. The minimum atomic E-state index is -5.19. The maximum Gasteiger partial charge on any atom is 0.430 e. The lowest BCUT2D eigenvalue weighted by molar-refractivity contribution is -0.695. The Hall–Kier alpha value is -13.4. The van der Waals surface area contributed by atoms with Crippen LogP contribution in [-0.4, -0.2) is 124 Å². The Labute approximate surface area is 801 Å². The molecule has 133 heavy (non-hydrogen) atoms. The number of imidazole rings is 4. The van der Waals surface area contributed by atoms with Crippen LogP contribution in [0, 0.1) is 0 Å². The molecule has 22 nitrogen and oxygen atoms in total. The van der Waals surface area contributed by atoms with Crippen molar-refractivity contribution < 1.29 is 42.0 Å². The molecule has 6 aromatic carbocycles. The minimum Gasteiger partial charge on any atom is -0.542 e. The van der Waals surface area contributed by atoms with Crippen LogP contribution in [0.2, 0.25) is 20.1 Å². The molecule has 0 radical (unpaired) electrons. The van der Waals surface area contributed by atoms with Crippen molar-refractivity contribution in [1.82, 2.24) is 78.5 Å². The summed E-state index contributed by atoms with van der Waals surface area (Å²) in [6, 6.07) is 81.1. The first-order chi connectivity index (χ1) is 64.4. The number of carbonyl (C=O) groups excluding carboxylic acids is 3. The summed E-state index contributed by atoms with van der Waals surface area (Å²) in [6.45, 7) is 0. The predicted octanol–water partition coefficient (Wildman–Crippen LogP) is 23.8. The first-order valence-electron chi connectivity index (χ1n) is 40.8. The molecule has 13 heterocycles. The van der Waals surface area contributed by atoms with Crippen LogP contribution in [0.15, 0.2) is 344 Å². The zero-order valence-corrected chi connectivity index (χ0v) is 78.3. The molecule has 20 rings (SSSR count). The molecule has 1 amide bonds. The number of benzene rings is 6. The minimum absolute atomic E-state index is 0.107. The van der Waals surface area contributed by atoms with Crippen molar-refractivity contribution in [2.24, 2.45) is 21.1 Å². The molecular formula is C99H74Cl4F3N17O5S5. The SMILES string of the molecule is CN(C)C(=O)c1ccc2cc(-c3nc(C4CC4)n(C)c3Sc3ccc(Cl)cn3)ccc2n1.COC(=O)c1ccc(-c2nc3c4ncccc4ccn3c2Sc2ccc(Cl)cc2)cc1.C[n+]1c(-c2ccccn2)[nH]c(-c2ccc(-c3ccnnc3)cc2)c1Sc1ccc(Cl)cn1.Cn1c(-c2ccccn2)nc(-c2ccc(-c3cccs3)cc2)c1Sc1ccc(Cl)cc1.O=C([O-])C(F)(F)F. The molecule has 34 heteroatoms. The number of aliphatic carboxylic acids is 1. The number of esters is 1. The lowest BCUT2D eigenvalue weighted by Gasteiger charge is -2.10. The third-order valence-corrected chi connectivity index (χ3v) is 27.0. The third-order valence-electron chi connectivity index (χ3n) is 20.6. The number of ether oxygens (including phenoxy) is 1. The van der Waals surface area contributed by atoms with E-state index in [0.29, 0.717) is 32.2 Å². The van der Waals surface area contributed by atoms with E-state index in [2.05, 4.69) is 142 Å². The molecule has 0 spiro atoms. The summed E-state index contributed by atoms with van der Waals surface area (Å²) in [4.78, 5) is 83.4. The number of halogens is 7. The normalized spacial score (nSPS) is 11.6. The van der Waals surface area contributed by atoms with E-state index in [9.17, 15) is 22.8 Å². The summed E-state index contributed by atoms with van der Waals surface area (Å²) in [5, 5.41) is 29.2. The molecule has 19 aromatic rings. The number of rotatable bonds is 19. The summed E-state index contributed by atoms with van der Waals surface area (Å²) >= 11 is 32.4. The largest absolute Gasteiger partial charge is 0.542 e. The van der Waals surface area contributed by atoms with Crippen LogP contribution in [0.4, 0.5) is 13.2 Å². The summed E-state index contributed by atoms with van der Waals surface area (Å²) < 4.78 is 44.8. The first-order valence-corrected chi connectivity index (χ1v) is 46.4. The lowest BCUT2D eigenvalue weighted by Crippen LogP contribution is -2.37. The van der Waals surface area contributed by atoms with Gasteiger partial charge >= 0.3 is 18.0 Å². The van der Waals surface area contributed by atoms with Gasteiger partial charge in [-0.2, -0.15) is 23.4 Å². The van der Waals surface area contributed by atoms with Crippen LogP contribution in [0.25, 0.3) is 117 Å². The summed E-state index contributed by atoms with van der Waals surface area (Å²) in [7, 11) is 11.0. The zero-order valence-electron chi connectivity index (χ0n) is 71.2. The number of nitrogens with one attached hydrogen (secondary N) is 1. The number of fused-ring (bicyclic) bond motifs is 4. The Bertz CT molecular complexity index is 7340. The number of alkyl halides is 3. The number of nitrogens with zero attached hydrogens (tertiary/aromatic N) is 16. The maximum atomic E-state index is 12.3. The van der Waals surface area contributed by atoms with Gasteiger partial charge in [-0.1, -0.05) is 155 Å². The fourth-order valence-electron chi connectivity index (χ4n) is 13.8. The number of aromatic amines is 1. The molecule has 1 fully saturated rings. The van der Waals surface area contributed by atoms with Gasteiger partial charge in [-0.05, 0) is 217 Å².